The van der Waals surface area contributed by atoms with Gasteiger partial charge in [-0.1, -0.05) is 24.3 Å². The Morgan fingerprint density at radius 1 is 1.04 bits per heavy atom. The average Bonchev–Trinajstić information content (AvgIpc) is 2.66. The van der Waals surface area contributed by atoms with Gasteiger partial charge < -0.3 is 20.1 Å². The van der Waals surface area contributed by atoms with Gasteiger partial charge >= 0.3 is 12.2 Å². The number of rotatable bonds is 5. The number of carbonyl (C=O) groups excluding carboxylic acids is 1. The molecule has 2 aromatic rings. The van der Waals surface area contributed by atoms with Crippen molar-refractivity contribution in [1.82, 2.24) is 10.6 Å². The van der Waals surface area contributed by atoms with Gasteiger partial charge in [0.2, 0.25) is 0 Å². The number of fused-ring (bicyclic) bond motifs is 1. The SMILES string of the molecule is O=C(NCCc1ccc(C(F)(F)F)cc1)NCC1COc2ccccc2O1. The van der Waals surface area contributed by atoms with Crippen LogP contribution in [-0.2, 0) is 12.6 Å². The largest absolute Gasteiger partial charge is 0.486 e. The van der Waals surface area contributed by atoms with E-state index in [2.05, 4.69) is 10.6 Å². The summed E-state index contributed by atoms with van der Waals surface area (Å²) in [5, 5.41) is 5.36. The second-order valence-corrected chi connectivity index (χ2v) is 6.08. The minimum Gasteiger partial charge on any atom is -0.486 e. The molecule has 0 radical (unpaired) electrons. The molecule has 3 rings (SSSR count). The zero-order chi connectivity index (χ0) is 19.3. The molecule has 0 aliphatic carbocycles. The lowest BCUT2D eigenvalue weighted by molar-refractivity contribution is -0.137. The van der Waals surface area contributed by atoms with Gasteiger partial charge in [-0.25, -0.2) is 4.79 Å². The summed E-state index contributed by atoms with van der Waals surface area (Å²) in [4.78, 5) is 11.8. The van der Waals surface area contributed by atoms with Gasteiger partial charge in [0.1, 0.15) is 6.61 Å². The number of nitrogens with one attached hydrogen (secondary N) is 2. The normalized spacial score (nSPS) is 15.9. The van der Waals surface area contributed by atoms with Crippen molar-refractivity contribution in [1.29, 1.82) is 0 Å². The summed E-state index contributed by atoms with van der Waals surface area (Å²) in [5.41, 5.74) is 0.0251. The third kappa shape index (κ3) is 5.29. The van der Waals surface area contributed by atoms with Crippen LogP contribution in [0.5, 0.6) is 11.5 Å². The van der Waals surface area contributed by atoms with Crippen LogP contribution in [0.15, 0.2) is 48.5 Å². The molecular weight excluding hydrogens is 361 g/mol. The predicted octanol–water partition coefficient (Wildman–Crippen LogP) is 3.39. The third-order valence-corrected chi connectivity index (χ3v) is 4.04. The lowest BCUT2D eigenvalue weighted by Crippen LogP contribution is -2.44. The number of para-hydroxylation sites is 2. The number of ether oxygens (including phenoxy) is 2. The summed E-state index contributed by atoms with van der Waals surface area (Å²) in [6.07, 6.45) is -4.20. The highest BCUT2D eigenvalue weighted by Crippen LogP contribution is 2.30. The molecule has 0 bridgehead atoms. The van der Waals surface area contributed by atoms with Crippen molar-refractivity contribution in [2.45, 2.75) is 18.7 Å². The van der Waals surface area contributed by atoms with Gasteiger partial charge in [0.05, 0.1) is 12.1 Å². The molecule has 0 fully saturated rings. The number of urea groups is 1. The molecular formula is C19H19F3N2O3. The highest BCUT2D eigenvalue weighted by molar-refractivity contribution is 5.73. The van der Waals surface area contributed by atoms with Crippen LogP contribution in [0, 0.1) is 0 Å². The monoisotopic (exact) mass is 380 g/mol. The zero-order valence-electron chi connectivity index (χ0n) is 14.4. The van der Waals surface area contributed by atoms with Gasteiger partial charge in [0, 0.05) is 6.54 Å². The second-order valence-electron chi connectivity index (χ2n) is 6.08. The maximum atomic E-state index is 12.5. The van der Waals surface area contributed by atoms with Gasteiger partial charge in [-0.3, -0.25) is 0 Å². The maximum absolute atomic E-state index is 12.5. The van der Waals surface area contributed by atoms with Crippen LogP contribution in [0.3, 0.4) is 0 Å². The van der Waals surface area contributed by atoms with Gasteiger partial charge in [0.25, 0.3) is 0 Å². The van der Waals surface area contributed by atoms with Gasteiger partial charge in [-0.2, -0.15) is 13.2 Å². The number of carbonyl (C=O) groups is 1. The molecule has 0 saturated heterocycles. The van der Waals surface area contributed by atoms with Crippen LogP contribution in [0.2, 0.25) is 0 Å². The molecule has 0 aromatic heterocycles. The minimum absolute atomic E-state index is 0.278. The minimum atomic E-state index is -4.35. The van der Waals surface area contributed by atoms with Crippen LogP contribution >= 0.6 is 0 Å². The Morgan fingerprint density at radius 2 is 1.74 bits per heavy atom. The molecule has 2 amide bonds. The third-order valence-electron chi connectivity index (χ3n) is 4.04. The van der Waals surface area contributed by atoms with E-state index < -0.39 is 11.7 Å². The van der Waals surface area contributed by atoms with E-state index in [1.54, 1.807) is 6.07 Å². The Bertz CT molecular complexity index is 779. The van der Waals surface area contributed by atoms with Crippen molar-refractivity contribution < 1.29 is 27.4 Å². The smallest absolute Gasteiger partial charge is 0.416 e. The van der Waals surface area contributed by atoms with E-state index in [1.165, 1.54) is 12.1 Å². The first-order chi connectivity index (χ1) is 12.9. The van der Waals surface area contributed by atoms with E-state index >= 15 is 0 Å². The number of hydrogen-bond donors (Lipinski definition) is 2. The number of hydrogen-bond acceptors (Lipinski definition) is 3. The zero-order valence-corrected chi connectivity index (χ0v) is 14.4. The lowest BCUT2D eigenvalue weighted by Gasteiger charge is -2.26. The quantitative estimate of drug-likeness (QED) is 0.836. The summed E-state index contributed by atoms with van der Waals surface area (Å²) >= 11 is 0. The Balaban J connectivity index is 1.37. The van der Waals surface area contributed by atoms with E-state index in [-0.39, 0.29) is 18.7 Å². The van der Waals surface area contributed by atoms with E-state index in [4.69, 9.17) is 9.47 Å². The molecule has 8 heteroatoms. The van der Waals surface area contributed by atoms with Crippen molar-refractivity contribution in [3.8, 4) is 11.5 Å². The number of benzene rings is 2. The van der Waals surface area contributed by atoms with Gasteiger partial charge in [-0.05, 0) is 36.2 Å². The molecule has 1 unspecified atom stereocenters. The van der Waals surface area contributed by atoms with Crippen LogP contribution in [0.4, 0.5) is 18.0 Å². The molecule has 1 aliphatic heterocycles. The Kier molecular flexibility index (Phi) is 5.73. The predicted molar refractivity (Wildman–Crippen MR) is 92.9 cm³/mol. The Labute approximate surface area is 154 Å². The molecule has 1 heterocycles. The molecule has 1 atom stereocenters. The van der Waals surface area contributed by atoms with Crippen molar-refractivity contribution in [3.05, 3.63) is 59.7 Å². The van der Waals surface area contributed by atoms with Crippen molar-refractivity contribution in [2.75, 3.05) is 19.7 Å². The molecule has 5 nitrogen and oxygen atoms in total. The summed E-state index contributed by atoms with van der Waals surface area (Å²) in [7, 11) is 0. The maximum Gasteiger partial charge on any atom is 0.416 e. The Morgan fingerprint density at radius 3 is 2.44 bits per heavy atom. The first-order valence-corrected chi connectivity index (χ1v) is 8.48. The molecule has 2 N–H and O–H groups in total. The molecule has 0 spiro atoms. The van der Waals surface area contributed by atoms with Crippen LogP contribution < -0.4 is 20.1 Å². The number of amides is 2. The van der Waals surface area contributed by atoms with Crippen LogP contribution in [-0.4, -0.2) is 31.8 Å². The fourth-order valence-electron chi connectivity index (χ4n) is 2.61. The fourth-order valence-corrected chi connectivity index (χ4v) is 2.61. The number of halogens is 3. The fraction of sp³-hybridized carbons (Fsp3) is 0.316. The standard InChI is InChI=1S/C19H19F3N2O3/c20-19(21,22)14-7-5-13(6-8-14)9-10-23-18(25)24-11-15-12-26-16-3-1-2-4-17(16)27-15/h1-8,15H,9-12H2,(H2,23,24,25). The van der Waals surface area contributed by atoms with Crippen LogP contribution in [0.25, 0.3) is 0 Å². The lowest BCUT2D eigenvalue weighted by atomic mass is 10.1. The van der Waals surface area contributed by atoms with Gasteiger partial charge in [-0.15, -0.1) is 0 Å². The molecule has 144 valence electrons. The summed E-state index contributed by atoms with van der Waals surface area (Å²) in [6.45, 7) is 0.922. The van der Waals surface area contributed by atoms with Gasteiger partial charge in [0.15, 0.2) is 17.6 Å². The van der Waals surface area contributed by atoms with E-state index in [9.17, 15) is 18.0 Å². The second kappa shape index (κ2) is 8.20. The topological polar surface area (TPSA) is 59.6 Å². The summed E-state index contributed by atoms with van der Waals surface area (Å²) < 4.78 is 48.8. The van der Waals surface area contributed by atoms with Crippen molar-refractivity contribution >= 4 is 6.03 Å². The van der Waals surface area contributed by atoms with Crippen molar-refractivity contribution in [3.63, 3.8) is 0 Å². The summed E-state index contributed by atoms with van der Waals surface area (Å²) in [6, 6.07) is 11.8. The van der Waals surface area contributed by atoms with E-state index in [0.717, 1.165) is 12.1 Å². The summed E-state index contributed by atoms with van der Waals surface area (Å²) in [5.74, 6) is 1.31. The first-order valence-electron chi connectivity index (χ1n) is 8.48. The van der Waals surface area contributed by atoms with Crippen molar-refractivity contribution in [2.24, 2.45) is 0 Å². The average molecular weight is 380 g/mol. The first kappa shape index (κ1) is 18.9. The molecule has 1 aliphatic rings. The highest BCUT2D eigenvalue weighted by atomic mass is 19.4. The Hall–Kier alpha value is -2.90. The number of alkyl halides is 3. The highest BCUT2D eigenvalue weighted by Gasteiger charge is 2.29. The molecule has 27 heavy (non-hydrogen) atoms. The van der Waals surface area contributed by atoms with Crippen LogP contribution in [0.1, 0.15) is 11.1 Å². The van der Waals surface area contributed by atoms with E-state index in [0.29, 0.717) is 36.6 Å². The molecule has 0 saturated carbocycles. The van der Waals surface area contributed by atoms with E-state index in [1.807, 2.05) is 18.2 Å². The molecule has 2 aromatic carbocycles.